The highest BCUT2D eigenvalue weighted by atomic mass is 32.2. The fourth-order valence-corrected chi connectivity index (χ4v) is 5.31. The average Bonchev–Trinajstić information content (AvgIpc) is 3.22. The minimum Gasteiger partial charge on any atom is -0.393 e. The molecule has 0 amide bonds. The van der Waals surface area contributed by atoms with E-state index in [4.69, 9.17) is 9.97 Å². The largest absolute Gasteiger partial charge is 0.393 e. The maximum absolute atomic E-state index is 9.77. The number of benzene rings is 2. The Hall–Kier alpha value is -3.23. The van der Waals surface area contributed by atoms with E-state index in [-0.39, 0.29) is 6.10 Å². The van der Waals surface area contributed by atoms with Crippen molar-refractivity contribution in [2.75, 3.05) is 28.6 Å². The van der Waals surface area contributed by atoms with Gasteiger partial charge < -0.3 is 25.2 Å². The van der Waals surface area contributed by atoms with E-state index in [1.54, 1.807) is 0 Å². The molecule has 0 spiro atoms. The van der Waals surface area contributed by atoms with Gasteiger partial charge in [-0.2, -0.15) is 4.98 Å². The topological polar surface area (TPSA) is 78.2 Å². The van der Waals surface area contributed by atoms with Crippen molar-refractivity contribution in [3.05, 3.63) is 60.8 Å². The molecular formula is C27H32N6OS. The van der Waals surface area contributed by atoms with Crippen molar-refractivity contribution in [2.45, 2.75) is 42.9 Å². The summed E-state index contributed by atoms with van der Waals surface area (Å²) in [5, 5.41) is 17.2. The van der Waals surface area contributed by atoms with Crippen molar-refractivity contribution < 1.29 is 5.11 Å². The first-order chi connectivity index (χ1) is 17.0. The second-order valence-corrected chi connectivity index (χ2v) is 10.9. The van der Waals surface area contributed by atoms with E-state index in [0.29, 0.717) is 11.2 Å². The lowest BCUT2D eigenvalue weighted by Gasteiger charge is -2.31. The Morgan fingerprint density at radius 2 is 1.71 bits per heavy atom. The highest BCUT2D eigenvalue weighted by Crippen LogP contribution is 2.34. The van der Waals surface area contributed by atoms with Crippen molar-refractivity contribution >= 4 is 51.6 Å². The third kappa shape index (κ3) is 5.39. The summed E-state index contributed by atoms with van der Waals surface area (Å²) in [5.41, 5.74) is 4.98. The summed E-state index contributed by atoms with van der Waals surface area (Å²) >= 11 is 1.83. The quantitative estimate of drug-likeness (QED) is 0.279. The van der Waals surface area contributed by atoms with Crippen LogP contribution in [0.2, 0.25) is 0 Å². The van der Waals surface area contributed by atoms with E-state index in [2.05, 4.69) is 71.8 Å². The zero-order valence-electron chi connectivity index (χ0n) is 20.4. The molecule has 0 unspecified atom stereocenters. The number of piperidine rings is 1. The number of fused-ring (bicyclic) bond motifs is 1. The summed E-state index contributed by atoms with van der Waals surface area (Å²) in [5.74, 6) is 1.32. The van der Waals surface area contributed by atoms with Crippen LogP contribution in [-0.4, -0.2) is 44.1 Å². The molecule has 35 heavy (non-hydrogen) atoms. The molecule has 4 aromatic rings. The third-order valence-electron chi connectivity index (χ3n) is 6.18. The van der Waals surface area contributed by atoms with Gasteiger partial charge in [0, 0.05) is 47.9 Å². The number of anilines is 5. The van der Waals surface area contributed by atoms with Gasteiger partial charge in [0.15, 0.2) is 5.82 Å². The summed E-state index contributed by atoms with van der Waals surface area (Å²) in [7, 11) is 2.01. The van der Waals surface area contributed by atoms with Gasteiger partial charge in [0.05, 0.1) is 17.3 Å². The summed E-state index contributed by atoms with van der Waals surface area (Å²) < 4.78 is 2.05. The van der Waals surface area contributed by atoms with E-state index < -0.39 is 0 Å². The van der Waals surface area contributed by atoms with E-state index in [1.165, 1.54) is 10.6 Å². The maximum Gasteiger partial charge on any atom is 0.229 e. The van der Waals surface area contributed by atoms with Crippen LogP contribution in [0.15, 0.2) is 65.7 Å². The number of para-hydroxylation sites is 1. The number of aromatic nitrogens is 3. The first-order valence-corrected chi connectivity index (χ1v) is 13.0. The molecular weight excluding hydrogens is 456 g/mol. The first-order valence-electron chi connectivity index (χ1n) is 12.1. The van der Waals surface area contributed by atoms with Gasteiger partial charge in [-0.1, -0.05) is 26.0 Å². The lowest BCUT2D eigenvalue weighted by Crippen LogP contribution is -2.35. The van der Waals surface area contributed by atoms with Crippen LogP contribution in [0.4, 0.5) is 28.8 Å². The molecule has 3 N–H and O–H groups in total. The Balaban J connectivity index is 1.40. The molecule has 0 bridgehead atoms. The molecule has 1 aliphatic rings. The molecule has 8 heteroatoms. The Morgan fingerprint density at radius 3 is 2.46 bits per heavy atom. The summed E-state index contributed by atoms with van der Waals surface area (Å²) in [6.45, 7) is 6.16. The molecule has 182 valence electrons. The maximum atomic E-state index is 9.77. The molecule has 0 aliphatic carbocycles. The van der Waals surface area contributed by atoms with Crippen LogP contribution >= 0.6 is 11.8 Å². The lowest BCUT2D eigenvalue weighted by molar-refractivity contribution is 0.145. The Kier molecular flexibility index (Phi) is 6.83. The molecule has 5 rings (SSSR count). The SMILES string of the molecule is CC(C)Sc1ccccc1Nc1nc(Nc2ccc(N3CCC(O)CC3)cc2)nc2ccn(C)c12. The van der Waals surface area contributed by atoms with Gasteiger partial charge in [-0.3, -0.25) is 0 Å². The van der Waals surface area contributed by atoms with Crippen LogP contribution in [-0.2, 0) is 7.05 Å². The molecule has 1 saturated heterocycles. The van der Waals surface area contributed by atoms with Crippen molar-refractivity contribution in [2.24, 2.45) is 7.05 Å². The fourth-order valence-electron chi connectivity index (χ4n) is 4.40. The van der Waals surface area contributed by atoms with Crippen LogP contribution in [0, 0.1) is 0 Å². The van der Waals surface area contributed by atoms with E-state index in [1.807, 2.05) is 41.7 Å². The predicted molar refractivity (Wildman–Crippen MR) is 146 cm³/mol. The van der Waals surface area contributed by atoms with Gasteiger partial charge >= 0.3 is 0 Å². The molecule has 2 aromatic heterocycles. The number of hydrogen-bond acceptors (Lipinski definition) is 7. The number of rotatable bonds is 7. The van der Waals surface area contributed by atoms with E-state index in [9.17, 15) is 5.11 Å². The summed E-state index contributed by atoms with van der Waals surface area (Å²) in [6, 6.07) is 18.7. The average molecular weight is 489 g/mol. The van der Waals surface area contributed by atoms with Gasteiger partial charge in [-0.05, 0) is 55.3 Å². The van der Waals surface area contributed by atoms with Crippen molar-refractivity contribution in [3.63, 3.8) is 0 Å². The Bertz CT molecular complexity index is 1300. The van der Waals surface area contributed by atoms with Gasteiger partial charge in [0.1, 0.15) is 5.52 Å². The molecule has 0 atom stereocenters. The number of aliphatic hydroxyl groups excluding tert-OH is 1. The Morgan fingerprint density at radius 1 is 0.971 bits per heavy atom. The van der Waals surface area contributed by atoms with Gasteiger partial charge in [-0.25, -0.2) is 4.98 Å². The molecule has 1 aliphatic heterocycles. The van der Waals surface area contributed by atoms with Crippen molar-refractivity contribution in [1.82, 2.24) is 14.5 Å². The monoisotopic (exact) mass is 488 g/mol. The first kappa shape index (κ1) is 23.5. The normalized spacial score (nSPS) is 14.6. The number of hydrogen-bond donors (Lipinski definition) is 3. The van der Waals surface area contributed by atoms with Crippen LogP contribution < -0.4 is 15.5 Å². The zero-order valence-corrected chi connectivity index (χ0v) is 21.2. The third-order valence-corrected chi connectivity index (χ3v) is 7.26. The van der Waals surface area contributed by atoms with Crippen molar-refractivity contribution in [3.8, 4) is 0 Å². The molecule has 7 nitrogen and oxygen atoms in total. The number of aliphatic hydroxyl groups is 1. The Labute approximate surface area is 210 Å². The molecule has 0 saturated carbocycles. The number of aryl methyl sites for hydroxylation is 1. The standard InChI is InChI=1S/C27H32N6OS/c1-18(2)35-24-7-5-4-6-22(24)29-26-25-23(14-15-32(25)3)30-27(31-26)28-19-8-10-20(11-9-19)33-16-12-21(34)13-17-33/h4-11,14-15,18,21,34H,12-13,16-17H2,1-3H3,(H2,28,29,30,31). The predicted octanol–water partition coefficient (Wildman–Crippen LogP) is 5.92. The minimum absolute atomic E-state index is 0.170. The zero-order chi connectivity index (χ0) is 24.4. The smallest absolute Gasteiger partial charge is 0.229 e. The summed E-state index contributed by atoms with van der Waals surface area (Å²) in [6.07, 6.45) is 3.47. The van der Waals surface area contributed by atoms with Gasteiger partial charge in [-0.15, -0.1) is 11.8 Å². The van der Waals surface area contributed by atoms with Crippen LogP contribution in [0.25, 0.3) is 11.0 Å². The molecule has 2 aromatic carbocycles. The minimum atomic E-state index is -0.170. The van der Waals surface area contributed by atoms with E-state index in [0.717, 1.165) is 54.2 Å². The number of nitrogens with one attached hydrogen (secondary N) is 2. The van der Waals surface area contributed by atoms with Gasteiger partial charge in [0.2, 0.25) is 5.95 Å². The van der Waals surface area contributed by atoms with Crippen LogP contribution in [0.1, 0.15) is 26.7 Å². The van der Waals surface area contributed by atoms with E-state index >= 15 is 0 Å². The fraction of sp³-hybridized carbons (Fsp3) is 0.333. The van der Waals surface area contributed by atoms with Gasteiger partial charge in [0.25, 0.3) is 0 Å². The number of thioether (sulfide) groups is 1. The lowest BCUT2D eigenvalue weighted by atomic mass is 10.1. The second-order valence-electron chi connectivity index (χ2n) is 9.23. The molecule has 3 heterocycles. The van der Waals surface area contributed by atoms with Crippen molar-refractivity contribution in [1.29, 1.82) is 0 Å². The molecule has 1 fully saturated rings. The number of nitrogens with zero attached hydrogens (tertiary/aromatic N) is 4. The highest BCUT2D eigenvalue weighted by Gasteiger charge is 2.17. The van der Waals surface area contributed by atoms with Crippen LogP contribution in [0.5, 0.6) is 0 Å². The highest BCUT2D eigenvalue weighted by molar-refractivity contribution is 8.00. The second kappa shape index (κ2) is 10.2. The van der Waals surface area contributed by atoms with Crippen LogP contribution in [0.3, 0.4) is 0 Å². The molecule has 0 radical (unpaired) electrons. The summed E-state index contributed by atoms with van der Waals surface area (Å²) in [4.78, 5) is 13.1.